The van der Waals surface area contributed by atoms with E-state index in [-0.39, 0.29) is 24.3 Å². The number of likely N-dealkylation sites (tertiary alicyclic amines) is 1. The number of fused-ring (bicyclic) bond motifs is 1. The number of nitrogen functional groups attached to an aromatic ring is 1. The number of nitrogens with two attached hydrogens (primary N) is 1. The molecule has 0 spiro atoms. The fraction of sp³-hybridized carbons (Fsp3) is 0.500. The summed E-state index contributed by atoms with van der Waals surface area (Å²) in [4.78, 5) is 25.4. The molecule has 1 aromatic heterocycles. The Hall–Kier alpha value is -2.58. The van der Waals surface area contributed by atoms with Crippen molar-refractivity contribution in [3.8, 4) is 6.01 Å². The summed E-state index contributed by atoms with van der Waals surface area (Å²) in [6.45, 7) is 6.37. The number of rotatable bonds is 8. The van der Waals surface area contributed by atoms with Crippen molar-refractivity contribution in [3.63, 3.8) is 0 Å². The molecule has 2 aliphatic heterocycles. The highest BCUT2D eigenvalue weighted by Crippen LogP contribution is 2.34. The highest BCUT2D eigenvalue weighted by Gasteiger charge is 2.27. The average Bonchev–Trinajstić information content (AvgIpc) is 3.25. The zero-order valence-corrected chi connectivity index (χ0v) is 18.6. The van der Waals surface area contributed by atoms with Crippen LogP contribution in [0.1, 0.15) is 43.7 Å². The smallest absolute Gasteiger partial charge is 0.320 e. The largest absolute Gasteiger partial charge is 0.463 e. The van der Waals surface area contributed by atoms with Crippen LogP contribution in [0.15, 0.2) is 18.2 Å². The second-order valence-electron chi connectivity index (χ2n) is 8.11. The molecule has 0 unspecified atom stereocenters. The Morgan fingerprint density at radius 1 is 1.23 bits per heavy atom. The number of amides is 1. The van der Waals surface area contributed by atoms with Crippen molar-refractivity contribution in [2.24, 2.45) is 0 Å². The molecule has 2 aliphatic rings. The number of ether oxygens (including phenoxy) is 1. The zero-order valence-electron chi connectivity index (χ0n) is 17.9. The van der Waals surface area contributed by atoms with E-state index in [9.17, 15) is 4.79 Å². The maximum Gasteiger partial charge on any atom is 0.320 e. The van der Waals surface area contributed by atoms with Gasteiger partial charge in [0.15, 0.2) is 11.6 Å². The Balaban J connectivity index is 1.57. The number of halogens is 1. The predicted octanol–water partition coefficient (Wildman–Crippen LogP) is 3.45. The molecule has 0 radical (unpaired) electrons. The molecule has 4 rings (SSSR count). The van der Waals surface area contributed by atoms with E-state index in [0.717, 1.165) is 48.6 Å². The Labute approximate surface area is 187 Å². The first-order chi connectivity index (χ1) is 15.0. The molecule has 0 bridgehead atoms. The first-order valence-electron chi connectivity index (χ1n) is 10.9. The van der Waals surface area contributed by atoms with E-state index in [2.05, 4.69) is 33.2 Å². The molecule has 166 valence electrons. The van der Waals surface area contributed by atoms with Crippen molar-refractivity contribution in [2.75, 3.05) is 42.2 Å². The molecule has 31 heavy (non-hydrogen) atoms. The molecule has 0 saturated carbocycles. The molecule has 0 aliphatic carbocycles. The van der Waals surface area contributed by atoms with E-state index in [1.54, 1.807) is 0 Å². The summed E-state index contributed by atoms with van der Waals surface area (Å²) in [6.07, 6.45) is 4.39. The Morgan fingerprint density at radius 3 is 2.81 bits per heavy atom. The van der Waals surface area contributed by atoms with Gasteiger partial charge < -0.3 is 20.7 Å². The minimum absolute atomic E-state index is 0.145. The molecular weight excluding hydrogens is 416 g/mol. The fourth-order valence-corrected chi connectivity index (χ4v) is 4.15. The van der Waals surface area contributed by atoms with Crippen LogP contribution >= 0.6 is 11.6 Å². The average molecular weight is 445 g/mol. The fourth-order valence-electron chi connectivity index (χ4n) is 3.97. The molecule has 1 saturated heterocycles. The highest BCUT2D eigenvalue weighted by atomic mass is 35.5. The number of carbonyl (C=O) groups excluding carboxylic acids is 1. The van der Waals surface area contributed by atoms with Crippen molar-refractivity contribution >= 4 is 34.8 Å². The molecule has 3 N–H and O–H groups in total. The quantitative estimate of drug-likeness (QED) is 0.602. The van der Waals surface area contributed by atoms with Crippen molar-refractivity contribution in [3.05, 3.63) is 34.3 Å². The molecule has 1 fully saturated rings. The van der Waals surface area contributed by atoms with Gasteiger partial charge in [-0.1, -0.05) is 37.1 Å². The highest BCUT2D eigenvalue weighted by molar-refractivity contribution is 6.31. The summed E-state index contributed by atoms with van der Waals surface area (Å²) in [5.41, 5.74) is 8.70. The van der Waals surface area contributed by atoms with Gasteiger partial charge in [-0.05, 0) is 49.5 Å². The van der Waals surface area contributed by atoms with Gasteiger partial charge in [-0.3, -0.25) is 9.69 Å². The number of nitrogens with zero attached hydrogens (tertiary/aromatic N) is 4. The van der Waals surface area contributed by atoms with Crippen LogP contribution in [0.4, 0.5) is 17.3 Å². The maximum atomic E-state index is 12.3. The van der Waals surface area contributed by atoms with E-state index in [4.69, 9.17) is 22.1 Å². The van der Waals surface area contributed by atoms with Crippen molar-refractivity contribution < 1.29 is 9.53 Å². The summed E-state index contributed by atoms with van der Waals surface area (Å²) in [7, 11) is 0. The second kappa shape index (κ2) is 9.70. The standard InChI is InChI=1S/C22H29ClN6O2/c1-2-3-10-31-22-26-20(24)19-21(27-22)29(14-18(30)25-19)12-15-6-7-17(23)16(11-15)13-28-8-4-5-9-28/h6-7,11H,2-5,8-10,12-14H2,1H3,(H,25,30)(H2,24,26,27). The molecule has 8 nitrogen and oxygen atoms in total. The van der Waals surface area contributed by atoms with Crippen LogP contribution in [0, 0.1) is 0 Å². The van der Waals surface area contributed by atoms with Crippen LogP contribution in [0.5, 0.6) is 6.01 Å². The van der Waals surface area contributed by atoms with Crippen LogP contribution in [0.3, 0.4) is 0 Å². The van der Waals surface area contributed by atoms with E-state index >= 15 is 0 Å². The lowest BCUT2D eigenvalue weighted by molar-refractivity contribution is -0.115. The van der Waals surface area contributed by atoms with Crippen LogP contribution in [-0.2, 0) is 17.9 Å². The summed E-state index contributed by atoms with van der Waals surface area (Å²) in [6, 6.07) is 6.28. The van der Waals surface area contributed by atoms with Crippen molar-refractivity contribution in [1.29, 1.82) is 0 Å². The predicted molar refractivity (Wildman–Crippen MR) is 122 cm³/mol. The topological polar surface area (TPSA) is 96.6 Å². The summed E-state index contributed by atoms with van der Waals surface area (Å²) < 4.78 is 5.66. The van der Waals surface area contributed by atoms with Crippen LogP contribution in [-0.4, -0.2) is 47.0 Å². The normalized spacial score (nSPS) is 16.3. The molecule has 1 aromatic carbocycles. The summed E-state index contributed by atoms with van der Waals surface area (Å²) >= 11 is 6.47. The van der Waals surface area contributed by atoms with Gasteiger partial charge in [-0.2, -0.15) is 9.97 Å². The van der Waals surface area contributed by atoms with Gasteiger partial charge in [0.2, 0.25) is 5.91 Å². The first kappa shape index (κ1) is 21.6. The molecule has 1 amide bonds. The summed E-state index contributed by atoms with van der Waals surface area (Å²) in [5, 5.41) is 3.56. The lowest BCUT2D eigenvalue weighted by atomic mass is 10.1. The minimum Gasteiger partial charge on any atom is -0.463 e. The van der Waals surface area contributed by atoms with E-state index in [1.165, 1.54) is 12.8 Å². The third-order valence-electron chi connectivity index (χ3n) is 5.60. The Bertz CT molecular complexity index is 948. The van der Waals surface area contributed by atoms with Crippen LogP contribution < -0.4 is 20.7 Å². The number of carbonyl (C=O) groups is 1. The van der Waals surface area contributed by atoms with Gasteiger partial charge in [0.05, 0.1) is 13.2 Å². The maximum absolute atomic E-state index is 12.3. The molecule has 3 heterocycles. The molecule has 9 heteroatoms. The third-order valence-corrected chi connectivity index (χ3v) is 5.97. The van der Waals surface area contributed by atoms with Gasteiger partial charge in [0.1, 0.15) is 5.69 Å². The Kier molecular flexibility index (Phi) is 6.77. The zero-order chi connectivity index (χ0) is 21.8. The second-order valence-corrected chi connectivity index (χ2v) is 8.51. The minimum atomic E-state index is -0.145. The van der Waals surface area contributed by atoms with Crippen molar-refractivity contribution in [1.82, 2.24) is 14.9 Å². The van der Waals surface area contributed by atoms with Crippen LogP contribution in [0.25, 0.3) is 0 Å². The van der Waals surface area contributed by atoms with Gasteiger partial charge >= 0.3 is 6.01 Å². The van der Waals surface area contributed by atoms with Crippen LogP contribution in [0.2, 0.25) is 5.02 Å². The molecule has 0 atom stereocenters. The van der Waals surface area contributed by atoms with E-state index in [1.807, 2.05) is 17.0 Å². The molecular formula is C22H29ClN6O2. The van der Waals surface area contributed by atoms with Gasteiger partial charge in [-0.25, -0.2) is 0 Å². The number of unbranched alkanes of at least 4 members (excludes halogenated alkanes) is 1. The number of hydrogen-bond donors (Lipinski definition) is 2. The third kappa shape index (κ3) is 5.19. The van der Waals surface area contributed by atoms with E-state index in [0.29, 0.717) is 24.7 Å². The molecule has 2 aromatic rings. The van der Waals surface area contributed by atoms with Gasteiger partial charge in [0, 0.05) is 18.1 Å². The van der Waals surface area contributed by atoms with E-state index < -0.39 is 0 Å². The number of nitrogens with one attached hydrogen (secondary N) is 1. The number of aromatic nitrogens is 2. The van der Waals surface area contributed by atoms with Gasteiger partial charge in [-0.15, -0.1) is 0 Å². The van der Waals surface area contributed by atoms with Gasteiger partial charge in [0.25, 0.3) is 0 Å². The number of anilines is 3. The lowest BCUT2D eigenvalue weighted by Gasteiger charge is -2.30. The summed E-state index contributed by atoms with van der Waals surface area (Å²) in [5.74, 6) is 0.642. The number of hydrogen-bond acceptors (Lipinski definition) is 7. The lowest BCUT2D eigenvalue weighted by Crippen LogP contribution is -2.39. The number of benzene rings is 1. The monoisotopic (exact) mass is 444 g/mol. The Morgan fingerprint density at radius 2 is 2.03 bits per heavy atom. The van der Waals surface area contributed by atoms with Crippen molar-refractivity contribution in [2.45, 2.75) is 45.7 Å². The SMILES string of the molecule is CCCCOc1nc(N)c2c(n1)N(Cc1ccc(Cl)c(CN3CCCC3)c1)CC(=O)N2. The first-order valence-corrected chi connectivity index (χ1v) is 11.3.